The van der Waals surface area contributed by atoms with Gasteiger partial charge in [-0.15, -0.1) is 0 Å². The fraction of sp³-hybridized carbons (Fsp3) is 0.552. The lowest BCUT2D eigenvalue weighted by atomic mass is 9.90. The summed E-state index contributed by atoms with van der Waals surface area (Å²) in [4.78, 5) is 13.4. The van der Waals surface area contributed by atoms with Crippen LogP contribution in [0.25, 0.3) is 0 Å². The molecule has 0 bridgehead atoms. The van der Waals surface area contributed by atoms with Crippen LogP contribution in [0.2, 0.25) is 0 Å². The zero-order chi connectivity index (χ0) is 38.9. The highest BCUT2D eigenvalue weighted by Crippen LogP contribution is 2.34. The van der Waals surface area contributed by atoms with Crippen LogP contribution in [0.4, 0.5) is 5.69 Å². The van der Waals surface area contributed by atoms with Gasteiger partial charge >= 0.3 is 5.97 Å². The molecule has 9 nitrogen and oxygen atoms in total. The molecular formula is C29H40N2O7S. The second-order valence-corrected chi connectivity index (χ2v) is 11.0. The first-order valence-corrected chi connectivity index (χ1v) is 13.6. The predicted octanol–water partition coefficient (Wildman–Crippen LogP) is 3.48. The molecule has 2 saturated heterocycles. The van der Waals surface area contributed by atoms with Crippen LogP contribution < -0.4 is 5.73 Å². The van der Waals surface area contributed by atoms with Crippen LogP contribution in [0, 0.1) is 17.7 Å². The van der Waals surface area contributed by atoms with Crippen molar-refractivity contribution in [3.8, 4) is 0 Å². The fourth-order valence-corrected chi connectivity index (χ4v) is 5.46. The van der Waals surface area contributed by atoms with E-state index in [0.29, 0.717) is 9.87 Å². The first-order chi connectivity index (χ1) is 23.0. The number of fused-ring (bicyclic) bond motifs is 1. The number of anilines is 1. The van der Waals surface area contributed by atoms with Crippen molar-refractivity contribution in [3.63, 3.8) is 0 Å². The van der Waals surface area contributed by atoms with Crippen LogP contribution in [0.3, 0.4) is 0 Å². The highest BCUT2D eigenvalue weighted by molar-refractivity contribution is 7.89. The number of ether oxygens (including phenoxy) is 4. The van der Waals surface area contributed by atoms with E-state index in [9.17, 15) is 13.2 Å². The Bertz CT molecular complexity index is 1720. The molecule has 0 amide bonds. The van der Waals surface area contributed by atoms with Crippen molar-refractivity contribution in [2.45, 2.75) is 56.4 Å². The maximum atomic E-state index is 14.0. The van der Waals surface area contributed by atoms with E-state index in [1.807, 2.05) is 0 Å². The summed E-state index contributed by atoms with van der Waals surface area (Å²) in [5, 5.41) is 0. The van der Waals surface area contributed by atoms with Gasteiger partial charge in [0, 0.05) is 40.0 Å². The number of hydrogen-bond donors (Lipinski definition) is 1. The molecule has 2 aliphatic heterocycles. The van der Waals surface area contributed by atoms with Crippen molar-refractivity contribution in [1.82, 2.24) is 4.31 Å². The van der Waals surface area contributed by atoms with Crippen molar-refractivity contribution in [2.75, 3.05) is 39.0 Å². The Hall–Kier alpha value is -2.50. The number of nitrogens with two attached hydrogens (primary N) is 1. The Morgan fingerprint density at radius 3 is 2.62 bits per heavy atom. The highest BCUT2D eigenvalue weighted by atomic mass is 32.2. The maximum Gasteiger partial charge on any atom is 0.306 e. The van der Waals surface area contributed by atoms with Crippen LogP contribution in [-0.2, 0) is 40.2 Å². The van der Waals surface area contributed by atoms with E-state index in [1.54, 1.807) is 30.3 Å². The quantitative estimate of drug-likeness (QED) is 0.286. The van der Waals surface area contributed by atoms with Gasteiger partial charge in [0.2, 0.25) is 10.0 Å². The van der Waals surface area contributed by atoms with Gasteiger partial charge in [0.05, 0.1) is 44.7 Å². The monoisotopic (exact) mass is 572 g/mol. The van der Waals surface area contributed by atoms with E-state index in [-0.39, 0.29) is 17.0 Å². The summed E-state index contributed by atoms with van der Waals surface area (Å²) in [6, 6.07) is 13.3. The SMILES string of the molecule is [2H]C(C)(C)C([2H])([2H])N(C[C@@H](OC)[C@@H](CC(=O)O[C@@]1([2H])C([2H])([2H])O[C@@]2([2H])OC([2H])([2H])C([2H])([2H])[C@]21[2H])Cc1ccccc1)S(=O)(=O)c1ccc(N)cc1. The highest BCUT2D eigenvalue weighted by Gasteiger charge is 2.44. The Labute approximate surface area is 248 Å². The Morgan fingerprint density at radius 1 is 1.23 bits per heavy atom. The molecule has 214 valence electrons. The molecule has 2 aromatic carbocycles. The number of carbonyl (C=O) groups is 1. The summed E-state index contributed by atoms with van der Waals surface area (Å²) >= 11 is 0. The molecule has 4 rings (SSSR count). The predicted molar refractivity (Wildman–Crippen MR) is 147 cm³/mol. The van der Waals surface area contributed by atoms with E-state index in [0.717, 1.165) is 12.1 Å². The summed E-state index contributed by atoms with van der Waals surface area (Å²) in [6.45, 7) is -8.37. The average Bonchev–Trinajstić information content (AvgIpc) is 3.18. The number of esters is 1. The molecule has 5 atom stereocenters. The van der Waals surface area contributed by atoms with Gasteiger partial charge in [-0.25, -0.2) is 8.42 Å². The normalized spacial score (nSPS) is 37.3. The van der Waals surface area contributed by atoms with Crippen molar-refractivity contribution < 1.29 is 48.6 Å². The van der Waals surface area contributed by atoms with Crippen LogP contribution in [0.15, 0.2) is 59.5 Å². The molecule has 2 heterocycles. The molecule has 0 aromatic heterocycles. The summed E-state index contributed by atoms with van der Waals surface area (Å²) < 4.78 is 150. The van der Waals surface area contributed by atoms with Gasteiger partial charge < -0.3 is 24.7 Å². The molecule has 0 spiro atoms. The minimum absolute atomic E-state index is 0.0766. The van der Waals surface area contributed by atoms with Crippen LogP contribution >= 0.6 is 0 Å². The molecular weight excluding hydrogens is 520 g/mol. The minimum Gasteiger partial charge on any atom is -0.459 e. The Balaban J connectivity index is 1.77. The molecule has 2 aromatic rings. The van der Waals surface area contributed by atoms with Crippen molar-refractivity contribution >= 4 is 21.7 Å². The van der Waals surface area contributed by atoms with Crippen LogP contribution in [0.1, 0.15) is 48.7 Å². The molecule has 0 radical (unpaired) electrons. The lowest BCUT2D eigenvalue weighted by molar-refractivity contribution is -0.153. The number of nitrogen functional groups attached to an aromatic ring is 1. The van der Waals surface area contributed by atoms with Crippen molar-refractivity contribution in [2.24, 2.45) is 17.7 Å². The van der Waals surface area contributed by atoms with E-state index in [2.05, 4.69) is 0 Å². The Morgan fingerprint density at radius 2 is 1.95 bits per heavy atom. The summed E-state index contributed by atoms with van der Waals surface area (Å²) in [6.07, 6.45) is -13.1. The van der Waals surface area contributed by atoms with E-state index < -0.39 is 91.1 Å². The molecule has 39 heavy (non-hydrogen) atoms. The minimum atomic E-state index is -4.74. The molecule has 2 fully saturated rings. The molecule has 0 saturated carbocycles. The maximum absolute atomic E-state index is 14.0. The lowest BCUT2D eigenvalue weighted by Gasteiger charge is -2.32. The van der Waals surface area contributed by atoms with E-state index in [4.69, 9.17) is 41.1 Å². The van der Waals surface area contributed by atoms with Gasteiger partial charge in [0.15, 0.2) is 6.27 Å². The van der Waals surface area contributed by atoms with Crippen molar-refractivity contribution in [3.05, 3.63) is 60.2 Å². The summed E-state index contributed by atoms with van der Waals surface area (Å²) in [5.41, 5.74) is 6.54. The zero-order valence-electron chi connectivity index (χ0n) is 33.8. The topological polar surface area (TPSA) is 117 Å². The number of sulfonamides is 1. The third kappa shape index (κ3) is 7.58. The third-order valence-corrected chi connectivity index (χ3v) is 7.65. The Kier molecular flexibility index (Phi) is 5.89. The standard InChI is InChI=1S/C29H40N2O7S/c1-20(2)17-31(39(33,34)24-11-9-23(30)10-12-24)18-26(35-3)22(15-21-7-5-4-6-8-21)16-28(32)38-27-19-37-29-25(27)13-14-36-29/h4-12,20,22,25-27,29H,13-19,30H2,1-3H3/t22-,25+,26-,27+,29-/m1/s1/i13D2,14D2,17D2,19D2,20D,25D,27D,29D. The van der Waals surface area contributed by atoms with Gasteiger partial charge in [-0.1, -0.05) is 44.2 Å². The number of benzene rings is 2. The smallest absolute Gasteiger partial charge is 0.306 e. The molecule has 0 aliphatic carbocycles. The van der Waals surface area contributed by atoms with Gasteiger partial charge in [-0.05, 0) is 48.5 Å². The van der Waals surface area contributed by atoms with Crippen LogP contribution in [0.5, 0.6) is 0 Å². The fourth-order valence-electron chi connectivity index (χ4n) is 4.08. The van der Waals surface area contributed by atoms with E-state index in [1.165, 1.54) is 33.1 Å². The first kappa shape index (κ1) is 17.3. The lowest BCUT2D eigenvalue weighted by Crippen LogP contribution is -2.44. The first-order valence-electron chi connectivity index (χ1n) is 18.1. The number of hydrogen-bond acceptors (Lipinski definition) is 8. The van der Waals surface area contributed by atoms with E-state index >= 15 is 0 Å². The van der Waals surface area contributed by atoms with Crippen molar-refractivity contribution in [1.29, 1.82) is 0 Å². The van der Waals surface area contributed by atoms with Gasteiger partial charge in [-0.2, -0.15) is 4.31 Å². The zero-order valence-corrected chi connectivity index (χ0v) is 22.6. The number of carbonyl (C=O) groups excluding carboxylic acids is 1. The molecule has 2 aliphatic rings. The van der Waals surface area contributed by atoms with Gasteiger partial charge in [-0.3, -0.25) is 4.79 Å². The molecule has 0 unspecified atom stereocenters. The van der Waals surface area contributed by atoms with Gasteiger partial charge in [0.25, 0.3) is 0 Å². The second-order valence-electron chi connectivity index (χ2n) is 9.14. The average molecular weight is 573 g/mol. The third-order valence-electron chi connectivity index (χ3n) is 5.96. The van der Waals surface area contributed by atoms with Crippen LogP contribution in [-0.4, -0.2) is 70.4 Å². The summed E-state index contributed by atoms with van der Waals surface area (Å²) in [5.74, 6) is -8.31. The molecule has 10 heteroatoms. The molecule has 2 N–H and O–H groups in total. The number of methoxy groups -OCH3 is 1. The number of nitrogens with zero attached hydrogens (tertiary/aromatic N) is 1. The number of rotatable bonds is 13. The second kappa shape index (κ2) is 13.2. The largest absolute Gasteiger partial charge is 0.459 e. The summed E-state index contributed by atoms with van der Waals surface area (Å²) in [7, 11) is -3.57. The van der Waals surface area contributed by atoms with Gasteiger partial charge in [0.1, 0.15) is 6.08 Å².